The van der Waals surface area contributed by atoms with E-state index in [0.29, 0.717) is 13.9 Å². The fourth-order valence-electron chi connectivity index (χ4n) is 1.16. The van der Waals surface area contributed by atoms with Gasteiger partial charge in [-0.3, -0.25) is 0 Å². The van der Waals surface area contributed by atoms with Gasteiger partial charge in [0.2, 0.25) is 0 Å². The van der Waals surface area contributed by atoms with Crippen LogP contribution in [0.1, 0.15) is 6.42 Å². The second-order valence-electron chi connectivity index (χ2n) is 2.21. The molecule has 2 bridgehead atoms. The molecule has 0 aromatic carbocycles. The van der Waals surface area contributed by atoms with E-state index in [0.717, 1.165) is 5.92 Å². The first kappa shape index (κ1) is 9.06. The number of halogens is 2. The van der Waals surface area contributed by atoms with E-state index in [2.05, 4.69) is 51.2 Å². The van der Waals surface area contributed by atoms with Crippen molar-refractivity contribution in [2.45, 2.75) is 6.42 Å². The zero-order valence-electron chi connectivity index (χ0n) is 5.17. The Balaban J connectivity index is 0.000000148. The van der Waals surface area contributed by atoms with Gasteiger partial charge in [-0.05, 0) is 0 Å². The van der Waals surface area contributed by atoms with Gasteiger partial charge in [-0.2, -0.15) is 30.2 Å². The van der Waals surface area contributed by atoms with Crippen molar-refractivity contribution in [2.24, 2.45) is 5.92 Å². The van der Waals surface area contributed by atoms with Crippen LogP contribution in [0.25, 0.3) is 0 Å². The predicted octanol–water partition coefficient (Wildman–Crippen LogP) is 3.40. The molecular weight excluding hydrogens is 350 g/mol. The van der Waals surface area contributed by atoms with Gasteiger partial charge in [-0.1, -0.05) is 6.42 Å². The van der Waals surface area contributed by atoms with E-state index in [4.69, 9.17) is 0 Å². The Morgan fingerprint density at radius 3 is 1.90 bits per heavy atom. The second kappa shape index (κ2) is 4.77. The molecule has 0 fully saturated rings. The fourth-order valence-corrected chi connectivity index (χ4v) is 1.16. The maximum atomic E-state index is 3.11. The monoisotopic (exact) mass is 355 g/mol. The zero-order chi connectivity index (χ0) is 7.40. The summed E-state index contributed by atoms with van der Waals surface area (Å²) in [6, 6.07) is 0. The van der Waals surface area contributed by atoms with E-state index < -0.39 is 0 Å². The van der Waals surface area contributed by atoms with E-state index in [-0.39, 0.29) is 0 Å². The molecule has 0 aliphatic heterocycles. The fraction of sp³-hybridized carbons (Fsp3) is 0.286. The molecule has 3 heteroatoms. The van der Waals surface area contributed by atoms with E-state index in [1.807, 2.05) is 0 Å². The standard InChI is InChI=1S/C7H7.2BrH.Pd/c1-2-7-4-3-6(1)5-7;;;/h1-4,6H,5H2;2*1H;/q-1;;;+2/p-2. The first-order valence-corrected chi connectivity index (χ1v) is 10.0. The van der Waals surface area contributed by atoms with Gasteiger partial charge in [-0.25, -0.2) is 0 Å². The molecule has 0 atom stereocenters. The summed E-state index contributed by atoms with van der Waals surface area (Å²) in [7, 11) is 0. The Kier molecular flexibility index (Phi) is 4.32. The molecule has 60 valence electrons. The number of allylic oxidation sites excluding steroid dienone is 4. The van der Waals surface area contributed by atoms with Crippen molar-refractivity contribution >= 4 is 26.9 Å². The second-order valence-corrected chi connectivity index (χ2v) is 9.38. The third-order valence-corrected chi connectivity index (χ3v) is 1.59. The Labute approximate surface area is 82.8 Å². The molecule has 0 saturated heterocycles. The number of hydrogen-bond donors (Lipinski definition) is 0. The van der Waals surface area contributed by atoms with E-state index in [1.165, 1.54) is 12.3 Å². The quantitative estimate of drug-likeness (QED) is 0.461. The molecule has 2 aliphatic carbocycles. The SMILES string of the molecule is C1=CC2C=C[C-]1C2.[Br][Pd][Br]. The van der Waals surface area contributed by atoms with Gasteiger partial charge in [0.1, 0.15) is 0 Å². The topological polar surface area (TPSA) is 0 Å². The molecule has 0 heterocycles. The Hall–Kier alpha value is 0.972. The first-order valence-electron chi connectivity index (χ1n) is 2.91. The summed E-state index contributed by atoms with van der Waals surface area (Å²) in [5.41, 5.74) is 0. The average Bonchev–Trinajstić information content (AvgIpc) is 2.49. The van der Waals surface area contributed by atoms with Crippen molar-refractivity contribution in [1.82, 2.24) is 0 Å². The molecule has 0 saturated carbocycles. The van der Waals surface area contributed by atoms with Gasteiger partial charge in [0, 0.05) is 0 Å². The van der Waals surface area contributed by atoms with E-state index in [9.17, 15) is 0 Å². The summed E-state index contributed by atoms with van der Waals surface area (Å²) < 4.78 is 0. The first-order chi connectivity index (χ1) is 4.86. The molecule has 0 N–H and O–H groups in total. The third kappa shape index (κ3) is 2.54. The molecule has 2 aliphatic rings. The number of fused-ring (bicyclic) bond motifs is 2. The summed E-state index contributed by atoms with van der Waals surface area (Å²) in [5.74, 6) is 2.28. The third-order valence-electron chi connectivity index (χ3n) is 1.59. The number of hydrogen-bond acceptors (Lipinski definition) is 0. The van der Waals surface area contributed by atoms with Crippen LogP contribution >= 0.6 is 26.9 Å². The zero-order valence-corrected chi connectivity index (χ0v) is 9.89. The van der Waals surface area contributed by atoms with E-state index >= 15 is 0 Å². The molecule has 0 radical (unpaired) electrons. The van der Waals surface area contributed by atoms with Gasteiger partial charge in [0.15, 0.2) is 0 Å². The van der Waals surface area contributed by atoms with Crippen molar-refractivity contribution in [3.8, 4) is 0 Å². The van der Waals surface area contributed by atoms with Crippen LogP contribution in [0.15, 0.2) is 24.3 Å². The molecule has 2 rings (SSSR count). The van der Waals surface area contributed by atoms with Crippen molar-refractivity contribution in [1.29, 1.82) is 0 Å². The van der Waals surface area contributed by atoms with Crippen LogP contribution in [-0.2, 0) is 13.9 Å². The van der Waals surface area contributed by atoms with Crippen LogP contribution in [0.4, 0.5) is 0 Å². The molecule has 0 unspecified atom stereocenters. The number of rotatable bonds is 0. The van der Waals surface area contributed by atoms with Crippen molar-refractivity contribution in [3.63, 3.8) is 0 Å². The summed E-state index contributed by atoms with van der Waals surface area (Å²) >= 11 is 6.80. The minimum absolute atomic E-state index is 0.575. The summed E-state index contributed by atoms with van der Waals surface area (Å²) in [4.78, 5) is 0. The normalized spacial score (nSPS) is 20.0. The molecule has 0 aromatic heterocycles. The molecule has 10 heavy (non-hydrogen) atoms. The Morgan fingerprint density at radius 1 is 1.30 bits per heavy atom. The Bertz CT molecular complexity index is 126. The van der Waals surface area contributed by atoms with Gasteiger partial charge in [0.05, 0.1) is 0 Å². The van der Waals surface area contributed by atoms with Gasteiger partial charge in [-0.15, -0.1) is 5.92 Å². The molecule has 0 nitrogen and oxygen atoms in total. The van der Waals surface area contributed by atoms with Crippen molar-refractivity contribution in [2.75, 3.05) is 0 Å². The van der Waals surface area contributed by atoms with Gasteiger partial charge in [0.25, 0.3) is 0 Å². The maximum absolute atomic E-state index is 3.11. The van der Waals surface area contributed by atoms with Crippen LogP contribution in [0, 0.1) is 11.8 Å². The average molecular weight is 357 g/mol. The van der Waals surface area contributed by atoms with Crippen LogP contribution in [-0.4, -0.2) is 0 Å². The summed E-state index contributed by atoms with van der Waals surface area (Å²) in [6.45, 7) is 0. The van der Waals surface area contributed by atoms with Crippen molar-refractivity contribution < 1.29 is 13.9 Å². The molecular formula is C7H7Br2Pd-. The van der Waals surface area contributed by atoms with Crippen LogP contribution < -0.4 is 0 Å². The van der Waals surface area contributed by atoms with Gasteiger partial charge < -0.3 is 0 Å². The van der Waals surface area contributed by atoms with Crippen molar-refractivity contribution in [3.05, 3.63) is 30.2 Å². The van der Waals surface area contributed by atoms with Crippen LogP contribution in [0.5, 0.6) is 0 Å². The van der Waals surface area contributed by atoms with E-state index in [1.54, 1.807) is 0 Å². The van der Waals surface area contributed by atoms with Crippen LogP contribution in [0.3, 0.4) is 0 Å². The van der Waals surface area contributed by atoms with Gasteiger partial charge >= 0.3 is 40.8 Å². The summed E-state index contributed by atoms with van der Waals surface area (Å²) in [6.07, 6.45) is 10.2. The Morgan fingerprint density at radius 2 is 1.80 bits per heavy atom. The predicted molar refractivity (Wildman–Crippen MR) is 47.5 cm³/mol. The molecule has 0 amide bonds. The molecule has 0 aromatic rings. The summed E-state index contributed by atoms with van der Waals surface area (Å²) in [5, 5.41) is 0. The minimum atomic E-state index is 0.575. The molecule has 0 spiro atoms. The van der Waals surface area contributed by atoms with Crippen LogP contribution in [0.2, 0.25) is 0 Å².